The maximum absolute atomic E-state index is 10.7. The van der Waals surface area contributed by atoms with Crippen LogP contribution in [0.25, 0.3) is 0 Å². The van der Waals surface area contributed by atoms with Crippen LogP contribution in [0.15, 0.2) is 0 Å². The lowest BCUT2D eigenvalue weighted by Gasteiger charge is -2.09. The average Bonchev–Trinajstić information content (AvgIpc) is 2.13. The van der Waals surface area contributed by atoms with Crippen molar-refractivity contribution < 1.29 is 9.59 Å². The van der Waals surface area contributed by atoms with E-state index in [4.69, 9.17) is 0 Å². The van der Waals surface area contributed by atoms with Crippen LogP contribution >= 0.6 is 0 Å². The van der Waals surface area contributed by atoms with Crippen molar-refractivity contribution in [3.8, 4) is 0 Å². The monoisotopic (exact) mass is 141 g/mol. The first-order valence-corrected chi connectivity index (χ1v) is 3.47. The SMILES string of the molecule is C[C@@H]1CC(=O)N[C@H]1CC=O. The van der Waals surface area contributed by atoms with Gasteiger partial charge in [0.05, 0.1) is 0 Å². The summed E-state index contributed by atoms with van der Waals surface area (Å²) in [5, 5.41) is 2.73. The topological polar surface area (TPSA) is 46.2 Å². The molecule has 0 saturated carbocycles. The number of carbonyl (C=O) groups is 2. The summed E-state index contributed by atoms with van der Waals surface area (Å²) in [7, 11) is 0. The third kappa shape index (κ3) is 1.35. The van der Waals surface area contributed by atoms with E-state index in [0.29, 0.717) is 18.8 Å². The van der Waals surface area contributed by atoms with Crippen LogP contribution in [0.3, 0.4) is 0 Å². The smallest absolute Gasteiger partial charge is 0.220 e. The second-order valence-electron chi connectivity index (χ2n) is 2.76. The van der Waals surface area contributed by atoms with Gasteiger partial charge in [-0.05, 0) is 5.92 Å². The Kier molecular flexibility index (Phi) is 2.04. The molecule has 0 bridgehead atoms. The lowest BCUT2D eigenvalue weighted by Crippen LogP contribution is -2.28. The van der Waals surface area contributed by atoms with E-state index in [-0.39, 0.29) is 11.9 Å². The van der Waals surface area contributed by atoms with Crippen LogP contribution in [0, 0.1) is 5.92 Å². The van der Waals surface area contributed by atoms with Crippen LogP contribution in [-0.2, 0) is 9.59 Å². The molecule has 0 unspecified atom stereocenters. The molecule has 0 radical (unpaired) electrons. The minimum Gasteiger partial charge on any atom is -0.353 e. The van der Waals surface area contributed by atoms with Gasteiger partial charge in [0.15, 0.2) is 0 Å². The molecule has 1 rings (SSSR count). The molecular weight excluding hydrogens is 130 g/mol. The van der Waals surface area contributed by atoms with Gasteiger partial charge in [-0.3, -0.25) is 4.79 Å². The third-order valence-corrected chi connectivity index (χ3v) is 1.89. The molecule has 1 saturated heterocycles. The van der Waals surface area contributed by atoms with E-state index < -0.39 is 0 Å². The predicted molar refractivity (Wildman–Crippen MR) is 36.4 cm³/mol. The second-order valence-corrected chi connectivity index (χ2v) is 2.76. The van der Waals surface area contributed by atoms with E-state index in [9.17, 15) is 9.59 Å². The highest BCUT2D eigenvalue weighted by Crippen LogP contribution is 2.16. The van der Waals surface area contributed by atoms with Gasteiger partial charge < -0.3 is 10.1 Å². The fourth-order valence-corrected chi connectivity index (χ4v) is 1.24. The number of amides is 1. The Morgan fingerprint density at radius 3 is 2.90 bits per heavy atom. The van der Waals surface area contributed by atoms with Crippen molar-refractivity contribution in [3.63, 3.8) is 0 Å². The Labute approximate surface area is 59.8 Å². The molecule has 56 valence electrons. The van der Waals surface area contributed by atoms with E-state index in [0.717, 1.165) is 6.29 Å². The van der Waals surface area contributed by atoms with Crippen LogP contribution in [0.1, 0.15) is 19.8 Å². The highest BCUT2D eigenvalue weighted by atomic mass is 16.2. The molecular formula is C7H11NO2. The van der Waals surface area contributed by atoms with Crippen molar-refractivity contribution in [1.82, 2.24) is 5.32 Å². The fraction of sp³-hybridized carbons (Fsp3) is 0.714. The zero-order valence-electron chi connectivity index (χ0n) is 5.96. The van der Waals surface area contributed by atoms with Crippen LogP contribution in [0.4, 0.5) is 0 Å². The first kappa shape index (κ1) is 7.25. The Balaban J connectivity index is 2.45. The van der Waals surface area contributed by atoms with Gasteiger partial charge in [0.1, 0.15) is 6.29 Å². The van der Waals surface area contributed by atoms with Gasteiger partial charge in [0, 0.05) is 18.9 Å². The summed E-state index contributed by atoms with van der Waals surface area (Å²) in [6.45, 7) is 1.98. The molecule has 0 spiro atoms. The largest absolute Gasteiger partial charge is 0.353 e. The molecule has 3 nitrogen and oxygen atoms in total. The van der Waals surface area contributed by atoms with Crippen molar-refractivity contribution in [2.75, 3.05) is 0 Å². The van der Waals surface area contributed by atoms with Crippen molar-refractivity contribution >= 4 is 12.2 Å². The molecule has 10 heavy (non-hydrogen) atoms. The number of nitrogens with one attached hydrogen (secondary N) is 1. The summed E-state index contributed by atoms with van der Waals surface area (Å²) in [6, 6.07) is 0.0880. The zero-order chi connectivity index (χ0) is 7.56. The summed E-state index contributed by atoms with van der Waals surface area (Å²) < 4.78 is 0. The molecule has 1 aliphatic rings. The Morgan fingerprint density at radius 1 is 1.80 bits per heavy atom. The average molecular weight is 141 g/mol. The van der Waals surface area contributed by atoms with Crippen LogP contribution in [0.2, 0.25) is 0 Å². The van der Waals surface area contributed by atoms with Gasteiger partial charge in [0.25, 0.3) is 0 Å². The summed E-state index contributed by atoms with van der Waals surface area (Å²) in [6.07, 6.45) is 1.87. The number of hydrogen-bond donors (Lipinski definition) is 1. The lowest BCUT2D eigenvalue weighted by atomic mass is 10.0. The molecule has 1 N–H and O–H groups in total. The van der Waals surface area contributed by atoms with Gasteiger partial charge in [-0.2, -0.15) is 0 Å². The molecule has 0 aromatic carbocycles. The third-order valence-electron chi connectivity index (χ3n) is 1.89. The quantitative estimate of drug-likeness (QED) is 0.554. The van der Waals surface area contributed by atoms with E-state index >= 15 is 0 Å². The highest BCUT2D eigenvalue weighted by Gasteiger charge is 2.27. The first-order valence-electron chi connectivity index (χ1n) is 3.47. The summed E-state index contributed by atoms with van der Waals surface area (Å²) in [5.74, 6) is 0.386. The standard InChI is InChI=1S/C7H11NO2/c1-5-4-7(10)8-6(5)2-3-9/h3,5-6H,2,4H2,1H3,(H,8,10)/t5-,6+/m1/s1. The van der Waals surface area contributed by atoms with E-state index in [1.807, 2.05) is 6.92 Å². The van der Waals surface area contributed by atoms with Crippen molar-refractivity contribution in [1.29, 1.82) is 0 Å². The van der Waals surface area contributed by atoms with Gasteiger partial charge in [0.2, 0.25) is 5.91 Å². The Morgan fingerprint density at radius 2 is 2.50 bits per heavy atom. The summed E-state index contributed by atoms with van der Waals surface area (Å²) in [5.41, 5.74) is 0. The molecule has 3 heteroatoms. The fourth-order valence-electron chi connectivity index (χ4n) is 1.24. The van der Waals surface area contributed by atoms with Crippen molar-refractivity contribution in [3.05, 3.63) is 0 Å². The van der Waals surface area contributed by atoms with Gasteiger partial charge in [-0.25, -0.2) is 0 Å². The zero-order valence-corrected chi connectivity index (χ0v) is 5.96. The normalized spacial score (nSPS) is 31.9. The predicted octanol–water partition coefficient (Wildman–Crippen LogP) is 0.1000. The van der Waals surface area contributed by atoms with Crippen molar-refractivity contribution in [2.45, 2.75) is 25.8 Å². The Bertz CT molecular complexity index is 156. The van der Waals surface area contributed by atoms with Crippen LogP contribution in [0.5, 0.6) is 0 Å². The van der Waals surface area contributed by atoms with Gasteiger partial charge in [-0.15, -0.1) is 0 Å². The number of hydrogen-bond acceptors (Lipinski definition) is 2. The molecule has 0 aromatic rings. The van der Waals surface area contributed by atoms with Gasteiger partial charge >= 0.3 is 0 Å². The van der Waals surface area contributed by atoms with Crippen LogP contribution < -0.4 is 5.32 Å². The second kappa shape index (κ2) is 2.82. The maximum atomic E-state index is 10.7. The summed E-state index contributed by atoms with van der Waals surface area (Å²) in [4.78, 5) is 20.8. The minimum atomic E-state index is 0.0688. The van der Waals surface area contributed by atoms with E-state index in [2.05, 4.69) is 5.32 Å². The maximum Gasteiger partial charge on any atom is 0.220 e. The lowest BCUT2D eigenvalue weighted by molar-refractivity contribution is -0.119. The molecule has 0 aliphatic carbocycles. The highest BCUT2D eigenvalue weighted by molar-refractivity contribution is 5.79. The molecule has 2 atom stereocenters. The molecule has 1 heterocycles. The number of carbonyl (C=O) groups excluding carboxylic acids is 2. The first-order chi connectivity index (χ1) is 4.74. The van der Waals surface area contributed by atoms with Crippen molar-refractivity contribution in [2.24, 2.45) is 5.92 Å². The van der Waals surface area contributed by atoms with Gasteiger partial charge in [-0.1, -0.05) is 6.92 Å². The molecule has 1 fully saturated rings. The van der Waals surface area contributed by atoms with E-state index in [1.165, 1.54) is 0 Å². The molecule has 1 aliphatic heterocycles. The Hall–Kier alpha value is -0.860. The van der Waals surface area contributed by atoms with E-state index in [1.54, 1.807) is 0 Å². The minimum absolute atomic E-state index is 0.0688. The number of rotatable bonds is 2. The molecule has 0 aromatic heterocycles. The van der Waals surface area contributed by atoms with Crippen LogP contribution in [-0.4, -0.2) is 18.2 Å². The summed E-state index contributed by atoms with van der Waals surface area (Å²) >= 11 is 0. The number of aldehydes is 1. The molecule has 1 amide bonds.